The summed E-state index contributed by atoms with van der Waals surface area (Å²) in [7, 11) is 0. The zero-order valence-electron chi connectivity index (χ0n) is 18.7. The third kappa shape index (κ3) is 4.05. The van der Waals surface area contributed by atoms with Gasteiger partial charge < -0.3 is 10.2 Å². The first-order valence-electron chi connectivity index (χ1n) is 10.2. The highest BCUT2D eigenvalue weighted by molar-refractivity contribution is 7.15. The highest BCUT2D eigenvalue weighted by Crippen LogP contribution is 2.37. The van der Waals surface area contributed by atoms with Crippen LogP contribution in [0.5, 0.6) is 0 Å². The van der Waals surface area contributed by atoms with E-state index in [9.17, 15) is 9.59 Å². The van der Waals surface area contributed by atoms with Gasteiger partial charge in [-0.1, -0.05) is 32.1 Å². The van der Waals surface area contributed by atoms with Crippen molar-refractivity contribution in [1.82, 2.24) is 25.1 Å². The topological polar surface area (TPSA) is 104 Å². The fraction of sp³-hybridized carbons (Fsp3) is 0.364. The Kier molecular flexibility index (Phi) is 5.41. The van der Waals surface area contributed by atoms with Crippen LogP contribution in [0.25, 0.3) is 0 Å². The van der Waals surface area contributed by atoms with Crippen molar-refractivity contribution in [1.29, 1.82) is 0 Å². The normalized spacial score (nSPS) is 16.0. The Morgan fingerprint density at radius 1 is 1.12 bits per heavy atom. The number of carbonyl (C=O) groups is 2. The van der Waals surface area contributed by atoms with Crippen LogP contribution in [0.4, 0.5) is 21.4 Å². The van der Waals surface area contributed by atoms with Crippen molar-refractivity contribution in [2.75, 3.05) is 10.2 Å². The van der Waals surface area contributed by atoms with Gasteiger partial charge in [-0.15, -0.1) is 10.2 Å². The van der Waals surface area contributed by atoms with E-state index in [1.807, 2.05) is 45.0 Å². The van der Waals surface area contributed by atoms with E-state index in [4.69, 9.17) is 0 Å². The molecule has 1 fully saturated rings. The number of hydrogen-bond donors (Lipinski definition) is 1. The number of nitrogens with one attached hydrogen (secondary N) is 1. The van der Waals surface area contributed by atoms with Crippen LogP contribution in [0, 0.1) is 0 Å². The van der Waals surface area contributed by atoms with Gasteiger partial charge in [0.15, 0.2) is 0 Å². The SMILES string of the molecule is CC(C)(C)c1nnc(N2C(=O)N(Cc3ccnc(Nc4cccnc4)c3)C(C)(C)C2=O)s1. The van der Waals surface area contributed by atoms with Crippen LogP contribution < -0.4 is 10.2 Å². The zero-order chi connectivity index (χ0) is 23.1. The van der Waals surface area contributed by atoms with Gasteiger partial charge in [0, 0.05) is 24.4 Å². The molecule has 0 aliphatic carbocycles. The summed E-state index contributed by atoms with van der Waals surface area (Å²) in [5, 5.41) is 12.6. The van der Waals surface area contributed by atoms with E-state index in [1.54, 1.807) is 37.3 Å². The standard InChI is InChI=1S/C22H25N7O2S/c1-21(2,3)17-26-27-19(32-17)29-18(30)22(4,5)28(20(29)31)13-14-8-10-24-16(11-14)25-15-7-6-9-23-12-15/h6-12H,13H2,1-5H3,(H,24,25). The number of urea groups is 1. The van der Waals surface area contributed by atoms with Crippen molar-refractivity contribution in [3.05, 3.63) is 53.4 Å². The molecule has 32 heavy (non-hydrogen) atoms. The first-order valence-corrected chi connectivity index (χ1v) is 11.0. The molecule has 9 nitrogen and oxygen atoms in total. The second-order valence-corrected chi connectivity index (χ2v) is 10.1. The van der Waals surface area contributed by atoms with Gasteiger partial charge >= 0.3 is 6.03 Å². The van der Waals surface area contributed by atoms with Gasteiger partial charge in [0.1, 0.15) is 16.4 Å². The second-order valence-electron chi connectivity index (χ2n) is 9.12. The van der Waals surface area contributed by atoms with E-state index in [0.29, 0.717) is 10.9 Å². The minimum absolute atomic E-state index is 0.217. The molecule has 3 aromatic heterocycles. The molecular formula is C22H25N7O2S. The monoisotopic (exact) mass is 451 g/mol. The molecule has 0 spiro atoms. The van der Waals surface area contributed by atoms with E-state index >= 15 is 0 Å². The Bertz CT molecular complexity index is 1150. The minimum Gasteiger partial charge on any atom is -0.339 e. The first-order chi connectivity index (χ1) is 15.1. The fourth-order valence-corrected chi connectivity index (χ4v) is 4.18. The van der Waals surface area contributed by atoms with Crippen LogP contribution >= 0.6 is 11.3 Å². The number of nitrogens with zero attached hydrogens (tertiary/aromatic N) is 6. The Balaban J connectivity index is 1.58. The Labute approximate surface area is 190 Å². The van der Waals surface area contributed by atoms with Crippen molar-refractivity contribution >= 4 is 39.9 Å². The fourth-order valence-electron chi connectivity index (χ4n) is 3.29. The number of imide groups is 1. The molecular weight excluding hydrogens is 426 g/mol. The third-order valence-corrected chi connectivity index (χ3v) is 6.50. The van der Waals surface area contributed by atoms with Gasteiger partial charge in [-0.05, 0) is 43.7 Å². The van der Waals surface area contributed by atoms with Crippen LogP contribution in [0.2, 0.25) is 0 Å². The molecule has 3 amide bonds. The van der Waals surface area contributed by atoms with E-state index in [1.165, 1.54) is 11.3 Å². The lowest BCUT2D eigenvalue weighted by Gasteiger charge is -2.27. The highest BCUT2D eigenvalue weighted by atomic mass is 32.1. The van der Waals surface area contributed by atoms with Crippen molar-refractivity contribution in [3.8, 4) is 0 Å². The smallest absolute Gasteiger partial charge is 0.334 e. The van der Waals surface area contributed by atoms with E-state index in [-0.39, 0.29) is 17.9 Å². The summed E-state index contributed by atoms with van der Waals surface area (Å²) < 4.78 is 0. The van der Waals surface area contributed by atoms with Crippen LogP contribution in [0.3, 0.4) is 0 Å². The molecule has 0 saturated carbocycles. The van der Waals surface area contributed by atoms with Crippen LogP contribution in [0.1, 0.15) is 45.2 Å². The molecule has 4 heterocycles. The summed E-state index contributed by atoms with van der Waals surface area (Å²) in [5.74, 6) is 0.309. The predicted octanol–water partition coefficient (Wildman–Crippen LogP) is 4.12. The number of hydrogen-bond acceptors (Lipinski definition) is 8. The van der Waals surface area contributed by atoms with E-state index < -0.39 is 11.6 Å². The first kappa shape index (κ1) is 21.8. The molecule has 1 N–H and O–H groups in total. The molecule has 0 bridgehead atoms. The van der Waals surface area contributed by atoms with Crippen molar-refractivity contribution in [2.24, 2.45) is 0 Å². The van der Waals surface area contributed by atoms with Gasteiger partial charge in [-0.3, -0.25) is 9.78 Å². The average molecular weight is 452 g/mol. The maximum absolute atomic E-state index is 13.3. The largest absolute Gasteiger partial charge is 0.339 e. The van der Waals surface area contributed by atoms with E-state index in [2.05, 4.69) is 25.5 Å². The van der Waals surface area contributed by atoms with Crippen molar-refractivity contribution in [3.63, 3.8) is 0 Å². The molecule has 4 rings (SSSR count). The van der Waals surface area contributed by atoms with Crippen LogP contribution in [-0.2, 0) is 16.8 Å². The molecule has 1 aliphatic rings. The van der Waals surface area contributed by atoms with Gasteiger partial charge in [0.2, 0.25) is 5.13 Å². The lowest BCUT2D eigenvalue weighted by Crippen LogP contribution is -2.43. The van der Waals surface area contributed by atoms with Crippen LogP contribution in [0.15, 0.2) is 42.9 Å². The van der Waals surface area contributed by atoms with Gasteiger partial charge in [0.25, 0.3) is 5.91 Å². The maximum atomic E-state index is 13.3. The predicted molar refractivity (Wildman–Crippen MR) is 123 cm³/mol. The Hall–Kier alpha value is -3.40. The summed E-state index contributed by atoms with van der Waals surface area (Å²) >= 11 is 1.27. The second kappa shape index (κ2) is 7.94. The average Bonchev–Trinajstić information content (AvgIpc) is 3.28. The quantitative estimate of drug-likeness (QED) is 0.582. The summed E-state index contributed by atoms with van der Waals surface area (Å²) in [4.78, 5) is 37.6. The molecule has 1 saturated heterocycles. The summed E-state index contributed by atoms with van der Waals surface area (Å²) in [5.41, 5.74) is 0.411. The Morgan fingerprint density at radius 2 is 1.91 bits per heavy atom. The zero-order valence-corrected chi connectivity index (χ0v) is 19.5. The number of rotatable bonds is 5. The molecule has 0 atom stereocenters. The number of anilines is 3. The number of pyridine rings is 2. The molecule has 0 unspecified atom stereocenters. The number of carbonyl (C=O) groups excluding carboxylic acids is 2. The minimum atomic E-state index is -1.02. The number of aromatic nitrogens is 4. The van der Waals surface area contributed by atoms with E-state index in [0.717, 1.165) is 21.2 Å². The molecule has 1 aliphatic heterocycles. The van der Waals surface area contributed by atoms with Crippen LogP contribution in [-0.4, -0.2) is 42.5 Å². The molecule has 0 radical (unpaired) electrons. The highest BCUT2D eigenvalue weighted by Gasteiger charge is 2.53. The van der Waals surface area contributed by atoms with Gasteiger partial charge in [-0.2, -0.15) is 0 Å². The summed E-state index contributed by atoms with van der Waals surface area (Å²) in [6, 6.07) is 6.99. The lowest BCUT2D eigenvalue weighted by molar-refractivity contribution is -0.123. The molecule has 166 valence electrons. The van der Waals surface area contributed by atoms with Crippen molar-refractivity contribution < 1.29 is 9.59 Å². The van der Waals surface area contributed by atoms with Gasteiger partial charge in [-0.25, -0.2) is 14.7 Å². The van der Waals surface area contributed by atoms with Gasteiger partial charge in [0.05, 0.1) is 11.9 Å². The third-order valence-electron chi connectivity index (χ3n) is 5.17. The maximum Gasteiger partial charge on any atom is 0.334 e. The van der Waals surface area contributed by atoms with Crippen molar-refractivity contribution in [2.45, 2.75) is 52.1 Å². The molecule has 10 heteroatoms. The lowest BCUT2D eigenvalue weighted by atomic mass is 9.98. The number of amides is 3. The Morgan fingerprint density at radius 3 is 2.56 bits per heavy atom. The molecule has 0 aromatic carbocycles. The summed E-state index contributed by atoms with van der Waals surface area (Å²) in [6.45, 7) is 9.79. The molecule has 3 aromatic rings. The summed E-state index contributed by atoms with van der Waals surface area (Å²) in [6.07, 6.45) is 5.06.